The maximum absolute atomic E-state index is 13.1. The number of carbonyl (C=O) groups is 4. The highest BCUT2D eigenvalue weighted by molar-refractivity contribution is 6.42. The van der Waals surface area contributed by atoms with Gasteiger partial charge in [-0.1, -0.05) is 41.4 Å². The van der Waals surface area contributed by atoms with E-state index in [2.05, 4.69) is 15.6 Å². The van der Waals surface area contributed by atoms with Gasteiger partial charge in [0.15, 0.2) is 5.96 Å². The summed E-state index contributed by atoms with van der Waals surface area (Å²) in [5.74, 6) is -2.57. The topological polar surface area (TPSA) is 232 Å². The standard InChI is InChI=1S/C28H38Cl2N8O5/c1-2-38(23(25(32)41)14-17-7-10-19(29)20(30)12-17)24(40)15-36-27(43)22(4-3-11-35-28(33)34)37-26(42)21(31)13-16-5-8-18(39)9-6-16/h5-10,12,21-23,39H,2-4,11,13-15,31H2,1H3,(H2,32,41)(H,36,43)(H,37,42)(H4,33,34,35)/t21-,22+,23+/m0/s1. The number of hydrogen-bond donors (Lipinski definition) is 7. The second kappa shape index (κ2) is 17.1. The molecule has 15 heteroatoms. The van der Waals surface area contributed by atoms with E-state index in [1.54, 1.807) is 37.3 Å². The number of primary amides is 1. The summed E-state index contributed by atoms with van der Waals surface area (Å²) in [5.41, 5.74) is 23.8. The summed E-state index contributed by atoms with van der Waals surface area (Å²) >= 11 is 12.1. The molecule has 0 aliphatic rings. The van der Waals surface area contributed by atoms with Crippen LogP contribution in [-0.2, 0) is 32.0 Å². The molecule has 2 aromatic rings. The van der Waals surface area contributed by atoms with Gasteiger partial charge in [-0.05, 0) is 61.6 Å². The van der Waals surface area contributed by atoms with Gasteiger partial charge in [-0.3, -0.25) is 24.2 Å². The minimum atomic E-state index is -1.06. The Hall–Kier alpha value is -4.07. The number of halogens is 2. The number of phenolic OH excluding ortho intramolecular Hbond substituents is 1. The van der Waals surface area contributed by atoms with Crippen molar-refractivity contribution in [3.8, 4) is 5.75 Å². The average molecular weight is 638 g/mol. The third kappa shape index (κ3) is 11.6. The second-order valence-corrected chi connectivity index (χ2v) is 10.6. The van der Waals surface area contributed by atoms with Gasteiger partial charge in [-0.15, -0.1) is 0 Å². The maximum atomic E-state index is 13.1. The van der Waals surface area contributed by atoms with Gasteiger partial charge in [0.1, 0.15) is 17.8 Å². The molecule has 0 radical (unpaired) electrons. The molecule has 0 saturated carbocycles. The fourth-order valence-electron chi connectivity index (χ4n) is 4.24. The number of nitrogens with zero attached hydrogens (tertiary/aromatic N) is 2. The number of benzene rings is 2. The van der Waals surface area contributed by atoms with Crippen molar-refractivity contribution in [2.45, 2.75) is 50.7 Å². The molecular weight excluding hydrogens is 599 g/mol. The van der Waals surface area contributed by atoms with Gasteiger partial charge in [0.25, 0.3) is 0 Å². The maximum Gasteiger partial charge on any atom is 0.243 e. The van der Waals surface area contributed by atoms with Gasteiger partial charge in [0.05, 0.1) is 22.6 Å². The van der Waals surface area contributed by atoms with Crippen molar-refractivity contribution in [3.05, 3.63) is 63.6 Å². The number of likely N-dealkylation sites (N-methyl/N-ethyl adjacent to an activating group) is 1. The molecule has 0 bridgehead atoms. The molecule has 0 aliphatic heterocycles. The molecular formula is C28H38Cl2N8O5. The van der Waals surface area contributed by atoms with E-state index in [0.29, 0.717) is 27.6 Å². The van der Waals surface area contributed by atoms with Crippen molar-refractivity contribution in [2.24, 2.45) is 27.9 Å². The van der Waals surface area contributed by atoms with Crippen LogP contribution < -0.4 is 33.6 Å². The Kier molecular flexibility index (Phi) is 14.0. The molecule has 4 amide bonds. The van der Waals surface area contributed by atoms with Crippen LogP contribution in [0.1, 0.15) is 30.9 Å². The zero-order chi connectivity index (χ0) is 32.1. The van der Waals surface area contributed by atoms with E-state index in [1.165, 1.54) is 17.0 Å². The molecule has 11 N–H and O–H groups in total. The summed E-state index contributed by atoms with van der Waals surface area (Å²) in [6, 6.07) is 7.99. The third-order valence-electron chi connectivity index (χ3n) is 6.50. The number of amides is 4. The summed E-state index contributed by atoms with van der Waals surface area (Å²) < 4.78 is 0. The van der Waals surface area contributed by atoms with Crippen LogP contribution >= 0.6 is 23.2 Å². The lowest BCUT2D eigenvalue weighted by atomic mass is 10.0. The minimum absolute atomic E-state index is 0.0759. The predicted molar refractivity (Wildman–Crippen MR) is 165 cm³/mol. The Morgan fingerprint density at radius 1 is 0.953 bits per heavy atom. The van der Waals surface area contributed by atoms with E-state index < -0.39 is 48.3 Å². The first kappa shape index (κ1) is 35.1. The van der Waals surface area contributed by atoms with E-state index >= 15 is 0 Å². The zero-order valence-electron chi connectivity index (χ0n) is 23.8. The SMILES string of the molecule is CCN(C(=O)CNC(=O)[C@@H](CCCN=C(N)N)NC(=O)[C@@H](N)Cc1ccc(O)cc1)[C@H](Cc1ccc(Cl)c(Cl)c1)C(N)=O. The number of phenols is 1. The summed E-state index contributed by atoms with van der Waals surface area (Å²) in [6.45, 7) is 1.55. The molecule has 0 aliphatic carbocycles. The molecule has 0 heterocycles. The number of rotatable bonds is 16. The van der Waals surface area contributed by atoms with Crippen molar-refractivity contribution in [1.82, 2.24) is 15.5 Å². The van der Waals surface area contributed by atoms with Gasteiger partial charge < -0.3 is 43.6 Å². The minimum Gasteiger partial charge on any atom is -0.508 e. The number of guanidine groups is 1. The Bertz CT molecular complexity index is 1300. The van der Waals surface area contributed by atoms with Crippen LogP contribution in [0.5, 0.6) is 5.75 Å². The zero-order valence-corrected chi connectivity index (χ0v) is 25.3. The van der Waals surface area contributed by atoms with E-state index in [4.69, 9.17) is 46.1 Å². The van der Waals surface area contributed by atoms with Gasteiger partial charge >= 0.3 is 0 Å². The monoisotopic (exact) mass is 636 g/mol. The molecule has 3 atom stereocenters. The molecule has 43 heavy (non-hydrogen) atoms. The molecule has 13 nitrogen and oxygen atoms in total. The lowest BCUT2D eigenvalue weighted by Gasteiger charge is -2.29. The van der Waals surface area contributed by atoms with Crippen LogP contribution in [0.25, 0.3) is 0 Å². The molecule has 0 aromatic heterocycles. The van der Waals surface area contributed by atoms with Gasteiger partial charge in [-0.2, -0.15) is 0 Å². The fourth-order valence-corrected chi connectivity index (χ4v) is 4.56. The van der Waals surface area contributed by atoms with Gasteiger partial charge in [-0.25, -0.2) is 0 Å². The van der Waals surface area contributed by atoms with Crippen LogP contribution in [0.4, 0.5) is 0 Å². The predicted octanol–water partition coefficient (Wildman–Crippen LogP) is 0.169. The highest BCUT2D eigenvalue weighted by atomic mass is 35.5. The molecule has 234 valence electrons. The highest BCUT2D eigenvalue weighted by Gasteiger charge is 2.29. The van der Waals surface area contributed by atoms with E-state index in [-0.39, 0.29) is 44.1 Å². The van der Waals surface area contributed by atoms with Crippen molar-refractivity contribution in [3.63, 3.8) is 0 Å². The number of carbonyl (C=O) groups excluding carboxylic acids is 4. The van der Waals surface area contributed by atoms with Gasteiger partial charge in [0.2, 0.25) is 23.6 Å². The summed E-state index contributed by atoms with van der Waals surface area (Å²) in [7, 11) is 0. The molecule has 0 saturated heterocycles. The Balaban J connectivity index is 2.09. The lowest BCUT2D eigenvalue weighted by molar-refractivity contribution is -0.139. The largest absolute Gasteiger partial charge is 0.508 e. The van der Waals surface area contributed by atoms with Crippen LogP contribution in [0.3, 0.4) is 0 Å². The van der Waals surface area contributed by atoms with Crippen molar-refractivity contribution < 1.29 is 24.3 Å². The second-order valence-electron chi connectivity index (χ2n) is 9.76. The number of aromatic hydroxyl groups is 1. The Morgan fingerprint density at radius 2 is 1.60 bits per heavy atom. The number of nitrogens with two attached hydrogens (primary N) is 4. The molecule has 0 spiro atoms. The quantitative estimate of drug-likeness (QED) is 0.0760. The van der Waals surface area contributed by atoms with Crippen LogP contribution in [0.15, 0.2) is 47.5 Å². The van der Waals surface area contributed by atoms with E-state index in [0.717, 1.165) is 0 Å². The fraction of sp³-hybridized carbons (Fsp3) is 0.393. The first-order valence-electron chi connectivity index (χ1n) is 13.5. The Morgan fingerprint density at radius 3 is 2.19 bits per heavy atom. The normalized spacial score (nSPS) is 12.8. The molecule has 0 unspecified atom stereocenters. The van der Waals surface area contributed by atoms with E-state index in [1.807, 2.05) is 0 Å². The van der Waals surface area contributed by atoms with Crippen molar-refractivity contribution >= 4 is 52.8 Å². The summed E-state index contributed by atoms with van der Waals surface area (Å²) in [6.07, 6.45) is 0.729. The van der Waals surface area contributed by atoms with Crippen LogP contribution in [-0.4, -0.2) is 77.4 Å². The van der Waals surface area contributed by atoms with Crippen LogP contribution in [0.2, 0.25) is 10.0 Å². The van der Waals surface area contributed by atoms with E-state index in [9.17, 15) is 24.3 Å². The van der Waals surface area contributed by atoms with Crippen molar-refractivity contribution in [2.75, 3.05) is 19.6 Å². The third-order valence-corrected chi connectivity index (χ3v) is 7.24. The lowest BCUT2D eigenvalue weighted by Crippen LogP contribution is -2.55. The summed E-state index contributed by atoms with van der Waals surface area (Å²) in [5, 5.41) is 15.3. The van der Waals surface area contributed by atoms with Gasteiger partial charge in [0, 0.05) is 19.5 Å². The average Bonchev–Trinajstić information content (AvgIpc) is 2.95. The first-order chi connectivity index (χ1) is 20.3. The van der Waals surface area contributed by atoms with Crippen molar-refractivity contribution in [1.29, 1.82) is 0 Å². The Labute approximate surface area is 259 Å². The molecule has 2 rings (SSSR count). The van der Waals surface area contributed by atoms with Crippen LogP contribution in [0, 0.1) is 0 Å². The highest BCUT2D eigenvalue weighted by Crippen LogP contribution is 2.24. The number of aliphatic imine (C=N–C) groups is 1. The number of hydrogen-bond acceptors (Lipinski definition) is 7. The first-order valence-corrected chi connectivity index (χ1v) is 14.3. The summed E-state index contributed by atoms with van der Waals surface area (Å²) in [4.78, 5) is 56.6. The molecule has 2 aromatic carbocycles. The molecule has 0 fully saturated rings. The number of nitrogens with one attached hydrogen (secondary N) is 2. The smallest absolute Gasteiger partial charge is 0.243 e.